The lowest BCUT2D eigenvalue weighted by molar-refractivity contribution is 0.0701. The maximum atomic E-state index is 11.3. The number of para-hydroxylation sites is 1. The highest BCUT2D eigenvalue weighted by Crippen LogP contribution is 2.32. The number of fused-ring (bicyclic) bond motifs is 3. The molecule has 0 aliphatic carbocycles. The molecular formula is C20H19N3O2S. The summed E-state index contributed by atoms with van der Waals surface area (Å²) in [5.41, 5.74) is 5.03. The Morgan fingerprint density at radius 3 is 2.73 bits per heavy atom. The van der Waals surface area contributed by atoms with Gasteiger partial charge in [-0.05, 0) is 30.5 Å². The van der Waals surface area contributed by atoms with Gasteiger partial charge in [-0.15, -0.1) is 0 Å². The largest absolute Gasteiger partial charge is 0.477 e. The van der Waals surface area contributed by atoms with Gasteiger partial charge in [0.25, 0.3) is 0 Å². The highest BCUT2D eigenvalue weighted by Gasteiger charge is 2.16. The molecule has 0 spiro atoms. The van der Waals surface area contributed by atoms with E-state index in [0.717, 1.165) is 17.6 Å². The summed E-state index contributed by atoms with van der Waals surface area (Å²) < 4.78 is 0. The number of hydrogen-bond donors (Lipinski definition) is 3. The van der Waals surface area contributed by atoms with E-state index in [4.69, 9.17) is 0 Å². The van der Waals surface area contributed by atoms with E-state index in [2.05, 4.69) is 46.5 Å². The van der Waals surface area contributed by atoms with Crippen LogP contribution in [0.15, 0.2) is 36.4 Å². The molecule has 5 nitrogen and oxygen atoms in total. The lowest BCUT2D eigenvalue weighted by Gasteiger charge is -2.02. The summed E-state index contributed by atoms with van der Waals surface area (Å²) in [5.74, 6) is -0.925. The molecule has 2 heterocycles. The zero-order valence-electron chi connectivity index (χ0n) is 14.6. The predicted octanol–water partition coefficient (Wildman–Crippen LogP) is 5.34. The monoisotopic (exact) mass is 365 g/mol. The summed E-state index contributed by atoms with van der Waals surface area (Å²) in [6, 6.07) is 12.5. The van der Waals surface area contributed by atoms with Crippen molar-refractivity contribution < 1.29 is 9.90 Å². The number of carboxylic acid groups (broad SMARTS) is 1. The van der Waals surface area contributed by atoms with Crippen molar-refractivity contribution >= 4 is 49.9 Å². The number of aromatic nitrogens is 2. The van der Waals surface area contributed by atoms with E-state index in [1.54, 1.807) is 0 Å². The molecule has 2 aromatic carbocycles. The van der Waals surface area contributed by atoms with Gasteiger partial charge in [0.15, 0.2) is 5.13 Å². The lowest BCUT2D eigenvalue weighted by Crippen LogP contribution is -1.97. The van der Waals surface area contributed by atoms with Crippen LogP contribution < -0.4 is 5.32 Å². The summed E-state index contributed by atoms with van der Waals surface area (Å²) in [7, 11) is 0. The lowest BCUT2D eigenvalue weighted by atomic mass is 10.1. The number of anilines is 2. The number of aromatic amines is 1. The van der Waals surface area contributed by atoms with E-state index in [-0.39, 0.29) is 0 Å². The average Bonchev–Trinajstić information content (AvgIpc) is 3.22. The first-order valence-electron chi connectivity index (χ1n) is 8.64. The summed E-state index contributed by atoms with van der Waals surface area (Å²) in [5, 5.41) is 15.5. The van der Waals surface area contributed by atoms with Gasteiger partial charge in [-0.25, -0.2) is 9.78 Å². The van der Waals surface area contributed by atoms with E-state index < -0.39 is 5.97 Å². The quantitative estimate of drug-likeness (QED) is 0.446. The second kappa shape index (κ2) is 6.46. The van der Waals surface area contributed by atoms with Crippen molar-refractivity contribution in [1.29, 1.82) is 0 Å². The predicted molar refractivity (Wildman–Crippen MR) is 107 cm³/mol. The van der Waals surface area contributed by atoms with Crippen molar-refractivity contribution in [3.63, 3.8) is 0 Å². The number of hydrogen-bond acceptors (Lipinski definition) is 4. The molecule has 0 bridgehead atoms. The molecule has 0 fully saturated rings. The number of aromatic carboxylic acids is 1. The minimum absolute atomic E-state index is 0.300. The fraction of sp³-hybridized carbons (Fsp3) is 0.200. The maximum absolute atomic E-state index is 11.3. The Morgan fingerprint density at radius 2 is 2.04 bits per heavy atom. The zero-order valence-corrected chi connectivity index (χ0v) is 15.4. The summed E-state index contributed by atoms with van der Waals surface area (Å²) >= 11 is 1.17. The standard InChI is InChI=1S/C20H19N3O2S/c1-3-11-6-5-7-14-13-9-8-12(10-16(13)22-17(11)14)21-20-23-15(4-2)18(26-20)19(24)25/h5-10,22H,3-4H2,1-2H3,(H,21,23)(H,24,25). The number of nitrogens with zero attached hydrogens (tertiary/aromatic N) is 1. The molecule has 4 rings (SSSR count). The molecule has 132 valence electrons. The molecule has 0 aliphatic rings. The summed E-state index contributed by atoms with van der Waals surface area (Å²) in [6.45, 7) is 4.06. The van der Waals surface area contributed by atoms with Crippen LogP contribution in [0.4, 0.5) is 10.8 Å². The van der Waals surface area contributed by atoms with Crippen LogP contribution in [-0.4, -0.2) is 21.0 Å². The van der Waals surface area contributed by atoms with E-state index in [9.17, 15) is 9.90 Å². The second-order valence-electron chi connectivity index (χ2n) is 6.16. The fourth-order valence-electron chi connectivity index (χ4n) is 3.30. The van der Waals surface area contributed by atoms with Crippen molar-refractivity contribution in [2.45, 2.75) is 26.7 Å². The first-order valence-corrected chi connectivity index (χ1v) is 9.45. The normalized spacial score (nSPS) is 11.3. The summed E-state index contributed by atoms with van der Waals surface area (Å²) in [6.07, 6.45) is 1.58. The number of thiazole rings is 1. The third-order valence-corrected chi connectivity index (χ3v) is 5.58. The number of nitrogens with one attached hydrogen (secondary N) is 2. The number of benzene rings is 2. The fourth-order valence-corrected chi connectivity index (χ4v) is 4.21. The van der Waals surface area contributed by atoms with Crippen molar-refractivity contribution in [1.82, 2.24) is 9.97 Å². The van der Waals surface area contributed by atoms with Crippen LogP contribution in [0.3, 0.4) is 0 Å². The van der Waals surface area contributed by atoms with Gasteiger partial charge in [-0.3, -0.25) is 0 Å². The molecule has 0 radical (unpaired) electrons. The third kappa shape index (κ3) is 2.72. The van der Waals surface area contributed by atoms with Crippen LogP contribution in [0.5, 0.6) is 0 Å². The SMILES string of the molecule is CCc1nc(Nc2ccc3c(c2)[nH]c2c(CC)cccc23)sc1C(=O)O. The van der Waals surface area contributed by atoms with Crippen LogP contribution in [-0.2, 0) is 12.8 Å². The Bertz CT molecular complexity index is 1130. The van der Waals surface area contributed by atoms with Gasteiger partial charge in [-0.1, -0.05) is 49.4 Å². The third-order valence-electron chi connectivity index (χ3n) is 4.58. The molecular weight excluding hydrogens is 346 g/mol. The Kier molecular flexibility index (Phi) is 4.12. The van der Waals surface area contributed by atoms with Crippen molar-refractivity contribution in [2.24, 2.45) is 0 Å². The van der Waals surface area contributed by atoms with Gasteiger partial charge in [0, 0.05) is 27.5 Å². The zero-order chi connectivity index (χ0) is 18.3. The summed E-state index contributed by atoms with van der Waals surface area (Å²) in [4.78, 5) is 19.5. The molecule has 3 N–H and O–H groups in total. The number of carbonyl (C=O) groups is 1. The van der Waals surface area contributed by atoms with E-state index in [0.29, 0.717) is 22.1 Å². The van der Waals surface area contributed by atoms with Gasteiger partial charge in [-0.2, -0.15) is 0 Å². The van der Waals surface area contributed by atoms with Gasteiger partial charge in [0.2, 0.25) is 0 Å². The highest BCUT2D eigenvalue weighted by molar-refractivity contribution is 7.17. The Labute approximate surface area is 154 Å². The number of aryl methyl sites for hydroxylation is 2. The molecule has 0 amide bonds. The molecule has 6 heteroatoms. The van der Waals surface area contributed by atoms with Crippen LogP contribution >= 0.6 is 11.3 Å². The minimum Gasteiger partial charge on any atom is -0.477 e. The molecule has 0 unspecified atom stereocenters. The number of rotatable bonds is 5. The Morgan fingerprint density at radius 1 is 1.19 bits per heavy atom. The second-order valence-corrected chi connectivity index (χ2v) is 7.16. The first kappa shape index (κ1) is 16.6. The Hall–Kier alpha value is -2.86. The van der Waals surface area contributed by atoms with Crippen LogP contribution in [0.1, 0.15) is 34.8 Å². The molecule has 0 atom stereocenters. The minimum atomic E-state index is -0.925. The smallest absolute Gasteiger partial charge is 0.347 e. The molecule has 4 aromatic rings. The van der Waals surface area contributed by atoms with E-state index in [1.807, 2.05) is 19.1 Å². The van der Waals surface area contributed by atoms with Crippen molar-refractivity contribution in [2.75, 3.05) is 5.32 Å². The first-order chi connectivity index (χ1) is 12.6. The van der Waals surface area contributed by atoms with Crippen molar-refractivity contribution in [3.05, 3.63) is 52.5 Å². The number of H-pyrrole nitrogens is 1. The van der Waals surface area contributed by atoms with Crippen molar-refractivity contribution in [3.8, 4) is 0 Å². The van der Waals surface area contributed by atoms with Gasteiger partial charge >= 0.3 is 5.97 Å². The molecule has 0 aliphatic heterocycles. The maximum Gasteiger partial charge on any atom is 0.347 e. The van der Waals surface area contributed by atoms with Crippen LogP contribution in [0.25, 0.3) is 21.8 Å². The number of carboxylic acids is 1. The van der Waals surface area contributed by atoms with E-state index >= 15 is 0 Å². The van der Waals surface area contributed by atoms with Gasteiger partial charge in [0.1, 0.15) is 4.88 Å². The topological polar surface area (TPSA) is 78.0 Å². The molecule has 26 heavy (non-hydrogen) atoms. The molecule has 2 aromatic heterocycles. The molecule has 0 saturated heterocycles. The average molecular weight is 365 g/mol. The highest BCUT2D eigenvalue weighted by atomic mass is 32.1. The van der Waals surface area contributed by atoms with Gasteiger partial charge in [0.05, 0.1) is 5.69 Å². The molecule has 0 saturated carbocycles. The Balaban J connectivity index is 1.74. The van der Waals surface area contributed by atoms with Crippen LogP contribution in [0.2, 0.25) is 0 Å². The van der Waals surface area contributed by atoms with Gasteiger partial charge < -0.3 is 15.4 Å². The van der Waals surface area contributed by atoms with Crippen LogP contribution in [0, 0.1) is 0 Å². The van der Waals surface area contributed by atoms with E-state index in [1.165, 1.54) is 33.2 Å².